The summed E-state index contributed by atoms with van der Waals surface area (Å²) in [6, 6.07) is 49.3. The molecule has 0 amide bonds. The van der Waals surface area contributed by atoms with Gasteiger partial charge in [-0.2, -0.15) is 73.7 Å². The molecular formula is C57H18N14. The van der Waals surface area contributed by atoms with Crippen molar-refractivity contribution in [3.63, 3.8) is 0 Å². The number of aryl methyl sites for hydroxylation is 1. The first-order chi connectivity index (χ1) is 34.5. The molecule has 0 aliphatic heterocycles. The number of hydrogen-bond donors (Lipinski definition) is 0. The molecule has 0 radical (unpaired) electrons. The highest BCUT2D eigenvalue weighted by Crippen LogP contribution is 2.60. The van der Waals surface area contributed by atoms with Gasteiger partial charge in [-0.05, 0) is 140 Å². The van der Waals surface area contributed by atoms with Crippen molar-refractivity contribution >= 4 is 16.7 Å². The van der Waals surface area contributed by atoms with E-state index >= 15 is 0 Å². The smallest absolute Gasteiger partial charge is 0.102 e. The van der Waals surface area contributed by atoms with Crippen LogP contribution in [0.3, 0.4) is 0 Å². The van der Waals surface area contributed by atoms with Crippen molar-refractivity contribution in [3.8, 4) is 85.0 Å². The molecule has 1 aliphatic rings. The molecule has 6 aromatic rings. The molecule has 1 fully saturated rings. The van der Waals surface area contributed by atoms with Gasteiger partial charge in [0.25, 0.3) is 0 Å². The molecule has 0 spiro atoms. The third-order valence-corrected chi connectivity index (χ3v) is 11.5. The topological polar surface area (TPSA) is 333 Å². The van der Waals surface area contributed by atoms with Crippen LogP contribution in [0.4, 0.5) is 0 Å². The molecule has 1 aliphatic carbocycles. The van der Waals surface area contributed by atoms with Gasteiger partial charge >= 0.3 is 0 Å². The molecule has 14 heteroatoms. The first-order valence-corrected chi connectivity index (χ1v) is 20.3. The SMILES string of the molecule is Cc1cc(/C(=C2\C(=C(c3ccc(C#N)c(C#N)c3)c3ccc(C#N)c(C#N)c3C#N)\C2=C(/c2ccc(C#N)c(C#N)c2)c2cc(C#N)c(C#N)c(C#N)c2)c2ccc(C#N)c(C#N)c2)cc(C#N)c1C#N. The second-order valence-electron chi connectivity index (χ2n) is 15.2. The van der Waals surface area contributed by atoms with E-state index in [0.29, 0.717) is 5.56 Å². The molecule has 71 heavy (non-hydrogen) atoms. The Morgan fingerprint density at radius 3 is 0.930 bits per heavy atom. The lowest BCUT2D eigenvalue weighted by atomic mass is 9.87. The van der Waals surface area contributed by atoms with Crippen molar-refractivity contribution in [2.24, 2.45) is 0 Å². The van der Waals surface area contributed by atoms with Crippen LogP contribution in [0.2, 0.25) is 0 Å². The molecule has 0 atom stereocenters. The molecule has 0 unspecified atom stereocenters. The van der Waals surface area contributed by atoms with E-state index in [4.69, 9.17) is 0 Å². The van der Waals surface area contributed by atoms with Crippen LogP contribution in [0.1, 0.15) is 117 Å². The summed E-state index contributed by atoms with van der Waals surface area (Å²) in [4.78, 5) is 0. The van der Waals surface area contributed by atoms with Gasteiger partial charge in [0.2, 0.25) is 0 Å². The minimum absolute atomic E-state index is 0.00665. The summed E-state index contributed by atoms with van der Waals surface area (Å²) >= 11 is 0. The van der Waals surface area contributed by atoms with Crippen LogP contribution in [0, 0.1) is 166 Å². The monoisotopic (exact) mass is 898 g/mol. The van der Waals surface area contributed by atoms with Crippen LogP contribution >= 0.6 is 0 Å². The quantitative estimate of drug-likeness (QED) is 0.150. The van der Waals surface area contributed by atoms with Gasteiger partial charge in [-0.1, -0.05) is 24.3 Å². The summed E-state index contributed by atoms with van der Waals surface area (Å²) in [5, 5.41) is 144. The third kappa shape index (κ3) is 7.89. The summed E-state index contributed by atoms with van der Waals surface area (Å²) in [7, 11) is 0. The first kappa shape index (κ1) is 46.4. The Balaban J connectivity index is 1.93. The Hall–Kier alpha value is -12.6. The molecule has 6 aromatic carbocycles. The number of rotatable bonds is 6. The number of nitriles is 14. The fraction of sp³-hybridized carbons (Fsp3) is 0.0175. The number of hydrogen-bond acceptors (Lipinski definition) is 14. The second kappa shape index (κ2) is 19.2. The van der Waals surface area contributed by atoms with Crippen molar-refractivity contribution in [1.29, 1.82) is 73.7 Å². The molecule has 7 rings (SSSR count). The van der Waals surface area contributed by atoms with Gasteiger partial charge in [-0.3, -0.25) is 0 Å². The summed E-state index contributed by atoms with van der Waals surface area (Å²) < 4.78 is 0. The average molecular weight is 899 g/mol. The van der Waals surface area contributed by atoms with E-state index in [1.807, 2.05) is 66.8 Å². The maximum Gasteiger partial charge on any atom is 0.102 e. The van der Waals surface area contributed by atoms with Crippen molar-refractivity contribution in [2.75, 3.05) is 0 Å². The summed E-state index contributed by atoms with van der Waals surface area (Å²) in [6.07, 6.45) is 0. The Bertz CT molecular complexity index is 4190. The maximum atomic E-state index is 10.9. The minimum atomic E-state index is -0.306. The number of benzene rings is 6. The predicted molar refractivity (Wildman–Crippen MR) is 247 cm³/mol. The van der Waals surface area contributed by atoms with Gasteiger partial charge < -0.3 is 0 Å². The normalized spacial score (nSPS) is 12.6. The number of nitrogens with zero attached hydrogens (tertiary/aromatic N) is 14. The van der Waals surface area contributed by atoms with Crippen LogP contribution in [-0.2, 0) is 0 Å². The van der Waals surface area contributed by atoms with Crippen LogP contribution in [0.15, 0.2) is 108 Å². The number of allylic oxidation sites excluding steroid dienone is 3. The molecule has 316 valence electrons. The zero-order chi connectivity index (χ0) is 51.1. The van der Waals surface area contributed by atoms with E-state index in [1.165, 1.54) is 78.9 Å². The summed E-state index contributed by atoms with van der Waals surface area (Å²) in [6.45, 7) is 1.60. The predicted octanol–water partition coefficient (Wildman–Crippen LogP) is 9.02. The van der Waals surface area contributed by atoms with Crippen LogP contribution in [0.5, 0.6) is 0 Å². The summed E-state index contributed by atoms with van der Waals surface area (Å²) in [5.74, 6) is 0. The lowest BCUT2D eigenvalue weighted by Gasteiger charge is -2.14. The van der Waals surface area contributed by atoms with E-state index in [0.717, 1.165) is 0 Å². The Kier molecular flexibility index (Phi) is 12.6. The van der Waals surface area contributed by atoms with Crippen LogP contribution in [-0.4, -0.2) is 0 Å². The average Bonchev–Trinajstić information content (AvgIpc) is 4.11. The van der Waals surface area contributed by atoms with Gasteiger partial charge in [0.05, 0.1) is 77.9 Å². The summed E-state index contributed by atoms with van der Waals surface area (Å²) in [5.41, 5.74) is 0.924. The standard InChI is InChI=1S/C57H18N14/c1-31-10-39(14-44(24-65)48(31)27-68)52(32-2-5-35(17-58)41(11-32)21-62)55-56(53(33-3-6-36(18-59)42(12-33)22-63)40-15-45(25-66)49(28-69)46(16-40)26-67)57(55)54(34-4-7-37(19-60)43(13-34)23-64)47-9-8-38(20-61)50(29-70)51(47)30-71/h2-16H,1H3/b55-52-,56-53+,57-54?. The van der Waals surface area contributed by atoms with E-state index in [2.05, 4.69) is 18.2 Å². The van der Waals surface area contributed by atoms with E-state index in [9.17, 15) is 73.7 Å². The maximum absolute atomic E-state index is 10.9. The van der Waals surface area contributed by atoms with Gasteiger partial charge in [-0.25, -0.2) is 0 Å². The zero-order valence-corrected chi connectivity index (χ0v) is 36.4. The fourth-order valence-corrected chi connectivity index (χ4v) is 8.34. The molecule has 1 saturated carbocycles. The van der Waals surface area contributed by atoms with E-state index < -0.39 is 0 Å². The van der Waals surface area contributed by atoms with Crippen molar-refractivity contribution in [2.45, 2.75) is 6.92 Å². The Morgan fingerprint density at radius 2 is 0.563 bits per heavy atom. The molecule has 0 N–H and O–H groups in total. The lowest BCUT2D eigenvalue weighted by Crippen LogP contribution is -2.00. The van der Waals surface area contributed by atoms with Crippen molar-refractivity contribution < 1.29 is 0 Å². The van der Waals surface area contributed by atoms with Crippen molar-refractivity contribution in [3.05, 3.63) is 225 Å². The highest BCUT2D eigenvalue weighted by molar-refractivity contribution is 6.14. The van der Waals surface area contributed by atoms with Gasteiger partial charge in [-0.15, -0.1) is 0 Å². The van der Waals surface area contributed by atoms with Crippen LogP contribution in [0.25, 0.3) is 16.7 Å². The van der Waals surface area contributed by atoms with Crippen LogP contribution < -0.4 is 0 Å². The molecule has 0 aromatic heterocycles. The molecule has 0 saturated heterocycles. The van der Waals surface area contributed by atoms with Gasteiger partial charge in [0, 0.05) is 5.56 Å². The van der Waals surface area contributed by atoms with E-state index in [-0.39, 0.29) is 145 Å². The third-order valence-electron chi connectivity index (χ3n) is 11.5. The molecule has 0 heterocycles. The van der Waals surface area contributed by atoms with Gasteiger partial charge in [0.15, 0.2) is 0 Å². The molecular weight excluding hydrogens is 881 g/mol. The molecule has 14 nitrogen and oxygen atoms in total. The van der Waals surface area contributed by atoms with Crippen molar-refractivity contribution in [1.82, 2.24) is 0 Å². The molecule has 0 bridgehead atoms. The Labute approximate surface area is 405 Å². The zero-order valence-electron chi connectivity index (χ0n) is 36.4. The minimum Gasteiger partial charge on any atom is -0.192 e. The second-order valence-corrected chi connectivity index (χ2v) is 15.2. The lowest BCUT2D eigenvalue weighted by molar-refractivity contribution is 1.34. The highest BCUT2D eigenvalue weighted by Gasteiger charge is 2.43. The highest BCUT2D eigenvalue weighted by atomic mass is 14.5. The van der Waals surface area contributed by atoms with E-state index in [1.54, 1.807) is 19.1 Å². The largest absolute Gasteiger partial charge is 0.192 e. The first-order valence-electron chi connectivity index (χ1n) is 20.3. The van der Waals surface area contributed by atoms with Gasteiger partial charge in [0.1, 0.15) is 85.0 Å². The fourth-order valence-electron chi connectivity index (χ4n) is 8.34. The Morgan fingerprint density at radius 1 is 0.254 bits per heavy atom.